The summed E-state index contributed by atoms with van der Waals surface area (Å²) in [6, 6.07) is 71.2. The van der Waals surface area contributed by atoms with Gasteiger partial charge < -0.3 is 4.57 Å². The Morgan fingerprint density at radius 1 is 0.586 bits per heavy atom. The average molecular weight is 945 g/mol. The normalized spacial score (nSPS) is 12.6. The number of benzene rings is 7. The molecule has 0 saturated heterocycles. The van der Waals surface area contributed by atoms with E-state index in [1.165, 1.54) is 32.1 Å². The van der Waals surface area contributed by atoms with E-state index < -0.39 is 8.07 Å². The predicted molar refractivity (Wildman–Crippen MR) is 240 cm³/mol. The number of aromatic nitrogens is 4. The number of hydrogen-bond donors (Lipinski definition) is 0. The zero-order valence-electron chi connectivity index (χ0n) is 32.6. The molecule has 0 spiro atoms. The molecule has 1 atom stereocenters. The van der Waals surface area contributed by atoms with Crippen molar-refractivity contribution in [3.8, 4) is 28.3 Å². The van der Waals surface area contributed by atoms with E-state index in [-0.39, 0.29) is 21.1 Å². The van der Waals surface area contributed by atoms with E-state index in [4.69, 9.17) is 4.98 Å². The number of pyridine rings is 1. The number of hydrogen-bond acceptors (Lipinski definition) is 1. The summed E-state index contributed by atoms with van der Waals surface area (Å²) in [6.07, 6.45) is 4.14. The quantitative estimate of drug-likeness (QED) is 0.0847. The molecule has 10 rings (SSSR count). The molecule has 0 fully saturated rings. The van der Waals surface area contributed by atoms with Crippen molar-refractivity contribution >= 4 is 56.5 Å². The molecule has 0 saturated carbocycles. The largest absolute Gasteiger partial charge is 0.319 e. The molecule has 0 radical (unpaired) electrons. The average Bonchev–Trinajstić information content (AvgIpc) is 3.83. The van der Waals surface area contributed by atoms with Crippen molar-refractivity contribution in [3.05, 3.63) is 206 Å². The predicted octanol–water partition coefficient (Wildman–Crippen LogP) is 10.7. The third kappa shape index (κ3) is 6.26. The first-order chi connectivity index (χ1) is 28.0. The molecule has 0 N–H and O–H groups in total. The summed E-state index contributed by atoms with van der Waals surface area (Å²) in [5.74, 6) is 1.28. The van der Waals surface area contributed by atoms with Gasteiger partial charge in [0, 0.05) is 50.6 Å². The van der Waals surface area contributed by atoms with Crippen LogP contribution in [0, 0.1) is 12.1 Å². The maximum Gasteiger partial charge on any atom is 0.168 e. The molecule has 58 heavy (non-hydrogen) atoms. The van der Waals surface area contributed by atoms with Crippen molar-refractivity contribution < 1.29 is 21.1 Å². The smallest absolute Gasteiger partial charge is 0.168 e. The number of nitrogens with zero attached hydrogens (tertiary/aromatic N) is 4. The van der Waals surface area contributed by atoms with Crippen LogP contribution in [0.1, 0.15) is 25.3 Å². The molecule has 6 heteroatoms. The van der Waals surface area contributed by atoms with E-state index in [0.29, 0.717) is 5.92 Å². The molecule has 1 unspecified atom stereocenters. The van der Waals surface area contributed by atoms with Crippen LogP contribution in [0.25, 0.3) is 61.2 Å². The Labute approximate surface area is 355 Å². The maximum atomic E-state index is 5.03. The van der Waals surface area contributed by atoms with E-state index in [1.54, 1.807) is 0 Å². The van der Waals surface area contributed by atoms with Crippen LogP contribution in [-0.4, -0.2) is 26.8 Å². The van der Waals surface area contributed by atoms with Crippen LogP contribution in [-0.2, 0) is 21.1 Å². The summed E-state index contributed by atoms with van der Waals surface area (Å²) in [5, 5.41) is 6.04. The first-order valence-corrected chi connectivity index (χ1v) is 22.2. The van der Waals surface area contributed by atoms with Gasteiger partial charge in [-0.25, -0.2) is 9.55 Å². The van der Waals surface area contributed by atoms with Gasteiger partial charge in [0.1, 0.15) is 11.5 Å². The summed E-state index contributed by atoms with van der Waals surface area (Å²) < 4.78 is 6.84. The Morgan fingerprint density at radius 2 is 1.24 bits per heavy atom. The Kier molecular flexibility index (Phi) is 9.89. The molecule has 10 aromatic rings. The second-order valence-electron chi connectivity index (χ2n) is 15.3. The molecule has 0 amide bonds. The minimum atomic E-state index is -2.71. The summed E-state index contributed by atoms with van der Waals surface area (Å²) in [6.45, 7) is 6.96. The Balaban J connectivity index is 0.00000436. The Hall–Kier alpha value is -6.13. The van der Waals surface area contributed by atoms with E-state index in [9.17, 15) is 0 Å². The van der Waals surface area contributed by atoms with Gasteiger partial charge in [0.2, 0.25) is 0 Å². The standard InChI is InChI=1S/C52H41N4Si.Pt/c1-37(2)44-23-10-11-24-45(44)38-31-32-53-52(33-38)56-48-26-13-12-25-46(48)47-30-29-43(35-51(47)56)57(3,41-20-8-5-9-21-41)42-22-16-19-40(34-42)55-36-54(39-17-6-4-7-18-39)49-27-14-15-28-50(49)55;/h4-33,36-37H,1-3H3;/q-1;. The minimum absolute atomic E-state index is 0. The molecule has 4 nitrogen and oxygen atoms in total. The number of imidazole rings is 1. The van der Waals surface area contributed by atoms with Gasteiger partial charge in [0.25, 0.3) is 0 Å². The van der Waals surface area contributed by atoms with Crippen molar-refractivity contribution in [3.63, 3.8) is 0 Å². The van der Waals surface area contributed by atoms with Crippen LogP contribution in [0.4, 0.5) is 0 Å². The van der Waals surface area contributed by atoms with Gasteiger partial charge >= 0.3 is 0 Å². The second kappa shape index (κ2) is 15.3. The first kappa shape index (κ1) is 37.4. The molecule has 3 aromatic heterocycles. The molecule has 0 aliphatic carbocycles. The summed E-state index contributed by atoms with van der Waals surface area (Å²) >= 11 is 0. The van der Waals surface area contributed by atoms with Crippen molar-refractivity contribution in [2.45, 2.75) is 26.3 Å². The van der Waals surface area contributed by atoms with Gasteiger partial charge in [-0.3, -0.25) is 0 Å². The van der Waals surface area contributed by atoms with E-state index in [2.05, 4.69) is 228 Å². The molecule has 284 valence electrons. The molecule has 0 bridgehead atoms. The van der Waals surface area contributed by atoms with Gasteiger partial charge in [-0.1, -0.05) is 134 Å². The molecule has 3 heterocycles. The molecule has 0 aliphatic rings. The van der Waals surface area contributed by atoms with Gasteiger partial charge in [0.15, 0.2) is 17.4 Å². The fourth-order valence-electron chi connectivity index (χ4n) is 8.61. The van der Waals surface area contributed by atoms with Crippen LogP contribution >= 0.6 is 0 Å². The monoisotopic (exact) mass is 944 g/mol. The molecule has 0 aliphatic heterocycles. The number of fused-ring (bicyclic) bond motifs is 4. The Bertz CT molecular complexity index is 3080. The molecular formula is C52H41N4PtSi-. The van der Waals surface area contributed by atoms with Gasteiger partial charge in [-0.2, -0.15) is 45.3 Å². The number of para-hydroxylation sites is 4. The third-order valence-corrected chi connectivity index (χ3v) is 15.8. The van der Waals surface area contributed by atoms with Crippen LogP contribution in [0.3, 0.4) is 0 Å². The van der Waals surface area contributed by atoms with E-state index >= 15 is 0 Å². The van der Waals surface area contributed by atoms with Crippen LogP contribution in [0.5, 0.6) is 0 Å². The Morgan fingerprint density at radius 3 is 2.02 bits per heavy atom. The topological polar surface area (TPSA) is 27.7 Å². The second-order valence-corrected chi connectivity index (χ2v) is 19.2. The zero-order valence-corrected chi connectivity index (χ0v) is 35.9. The summed E-state index contributed by atoms with van der Waals surface area (Å²) in [4.78, 5) is 5.03. The first-order valence-electron chi connectivity index (χ1n) is 19.7. The van der Waals surface area contributed by atoms with Crippen LogP contribution in [0.2, 0.25) is 6.55 Å². The van der Waals surface area contributed by atoms with E-state index in [1.807, 2.05) is 6.20 Å². The van der Waals surface area contributed by atoms with Crippen LogP contribution in [0.15, 0.2) is 188 Å². The van der Waals surface area contributed by atoms with Crippen molar-refractivity contribution in [2.75, 3.05) is 0 Å². The van der Waals surface area contributed by atoms with Gasteiger partial charge in [0.05, 0.1) is 8.07 Å². The third-order valence-electron chi connectivity index (χ3n) is 11.6. The summed E-state index contributed by atoms with van der Waals surface area (Å²) in [7, 11) is -2.71. The van der Waals surface area contributed by atoms with Crippen molar-refractivity contribution in [1.82, 2.24) is 18.7 Å². The SMILES string of the molecule is CC(C)c1ccccc1-c1ccnc(-n2c3[c-]c([Si](C)(c4[c-]c(-n5[cH+]n(-c6ccccc6)c6ccccc65)ccc4)c4ccccc4)ccc3c3ccccc32)c1.[Pt]. The van der Waals surface area contributed by atoms with Crippen molar-refractivity contribution in [1.29, 1.82) is 0 Å². The van der Waals surface area contributed by atoms with E-state index in [0.717, 1.165) is 50.2 Å². The van der Waals surface area contributed by atoms with Crippen LogP contribution < -0.4 is 15.6 Å². The minimum Gasteiger partial charge on any atom is -0.319 e. The fraction of sp³-hybridized carbons (Fsp3) is 0.0769. The zero-order chi connectivity index (χ0) is 38.5. The number of rotatable bonds is 8. The van der Waals surface area contributed by atoms with Gasteiger partial charge in [-0.15, -0.1) is 17.5 Å². The van der Waals surface area contributed by atoms with Crippen molar-refractivity contribution in [2.24, 2.45) is 0 Å². The molecular weight excluding hydrogens is 904 g/mol. The van der Waals surface area contributed by atoms with Gasteiger partial charge in [-0.05, 0) is 58.3 Å². The summed E-state index contributed by atoms with van der Waals surface area (Å²) in [5.41, 5.74) is 10.3. The molecule has 7 aromatic carbocycles. The fourth-order valence-corrected chi connectivity index (χ4v) is 12.0. The maximum absolute atomic E-state index is 5.03.